The zero-order chi connectivity index (χ0) is 24.2. The standard InChI is InChI=1S/C25H27FN2O6/c1-32-18-7-8-19(20(15-18)33-2)22-21(23(29)16-3-5-17(26)6-4-16)24(30)25(31)28(22)10-9-27-11-13-34-14-12-27/h3-8,15,22,29H,9-14H2,1-2H3/b23-21+/t22-/m0/s1. The molecule has 2 aliphatic heterocycles. The lowest BCUT2D eigenvalue weighted by atomic mass is 9.94. The summed E-state index contributed by atoms with van der Waals surface area (Å²) in [6, 6.07) is 9.31. The van der Waals surface area contributed by atoms with Crippen molar-refractivity contribution in [3.8, 4) is 11.5 Å². The van der Waals surface area contributed by atoms with Gasteiger partial charge in [-0.2, -0.15) is 0 Å². The summed E-state index contributed by atoms with van der Waals surface area (Å²) in [5, 5.41) is 11.1. The lowest BCUT2D eigenvalue weighted by Crippen LogP contribution is -2.42. The number of halogens is 1. The number of ketones is 1. The number of amides is 1. The number of aliphatic hydroxyl groups excluding tert-OH is 1. The molecular formula is C25H27FN2O6. The summed E-state index contributed by atoms with van der Waals surface area (Å²) in [5.74, 6) is -1.39. The van der Waals surface area contributed by atoms with E-state index in [0.29, 0.717) is 36.8 Å². The topological polar surface area (TPSA) is 88.5 Å². The smallest absolute Gasteiger partial charge is 0.295 e. The Morgan fingerprint density at radius 2 is 1.76 bits per heavy atom. The first-order valence-corrected chi connectivity index (χ1v) is 11.0. The monoisotopic (exact) mass is 470 g/mol. The molecule has 1 amide bonds. The number of carbonyl (C=O) groups excluding carboxylic acids is 2. The van der Waals surface area contributed by atoms with Crippen LogP contribution in [0.1, 0.15) is 17.2 Å². The van der Waals surface area contributed by atoms with Gasteiger partial charge < -0.3 is 24.2 Å². The summed E-state index contributed by atoms with van der Waals surface area (Å²) in [6.07, 6.45) is 0. The van der Waals surface area contributed by atoms with E-state index in [-0.39, 0.29) is 23.4 Å². The number of ether oxygens (including phenoxy) is 3. The van der Waals surface area contributed by atoms with Crippen molar-refractivity contribution in [1.29, 1.82) is 0 Å². The van der Waals surface area contributed by atoms with Crippen molar-refractivity contribution >= 4 is 17.4 Å². The van der Waals surface area contributed by atoms with Crippen LogP contribution in [0.2, 0.25) is 0 Å². The Bertz CT molecular complexity index is 1100. The summed E-state index contributed by atoms with van der Waals surface area (Å²) < 4.78 is 29.7. The molecule has 0 unspecified atom stereocenters. The van der Waals surface area contributed by atoms with Gasteiger partial charge in [0.2, 0.25) is 0 Å². The second kappa shape index (κ2) is 10.2. The van der Waals surface area contributed by atoms with Gasteiger partial charge in [0.15, 0.2) is 0 Å². The fraction of sp³-hybridized carbons (Fsp3) is 0.360. The Kier molecular flexibility index (Phi) is 7.14. The molecule has 0 bridgehead atoms. The lowest BCUT2D eigenvalue weighted by molar-refractivity contribution is -0.140. The van der Waals surface area contributed by atoms with Crippen LogP contribution in [0.15, 0.2) is 48.0 Å². The maximum absolute atomic E-state index is 13.4. The van der Waals surface area contributed by atoms with Gasteiger partial charge in [-0.15, -0.1) is 0 Å². The highest BCUT2D eigenvalue weighted by Gasteiger charge is 2.47. The minimum Gasteiger partial charge on any atom is -0.507 e. The Hall–Kier alpha value is -3.43. The fourth-order valence-electron chi connectivity index (χ4n) is 4.32. The Morgan fingerprint density at radius 1 is 1.06 bits per heavy atom. The molecule has 34 heavy (non-hydrogen) atoms. The van der Waals surface area contributed by atoms with Gasteiger partial charge in [-0.25, -0.2) is 4.39 Å². The molecule has 0 radical (unpaired) electrons. The number of hydrogen-bond acceptors (Lipinski definition) is 7. The van der Waals surface area contributed by atoms with Crippen LogP contribution in [0.4, 0.5) is 4.39 Å². The van der Waals surface area contributed by atoms with Crippen LogP contribution < -0.4 is 9.47 Å². The number of methoxy groups -OCH3 is 2. The summed E-state index contributed by atoms with van der Waals surface area (Å²) >= 11 is 0. The van der Waals surface area contributed by atoms with E-state index in [0.717, 1.165) is 13.1 Å². The first kappa shape index (κ1) is 23.7. The average molecular weight is 470 g/mol. The van der Waals surface area contributed by atoms with Crippen molar-refractivity contribution < 1.29 is 33.3 Å². The van der Waals surface area contributed by atoms with Crippen LogP contribution in [0.5, 0.6) is 11.5 Å². The van der Waals surface area contributed by atoms with E-state index in [4.69, 9.17) is 14.2 Å². The molecule has 180 valence electrons. The Labute approximate surface area is 197 Å². The van der Waals surface area contributed by atoms with Crippen molar-refractivity contribution in [2.24, 2.45) is 0 Å². The number of nitrogens with zero attached hydrogens (tertiary/aromatic N) is 2. The average Bonchev–Trinajstić information content (AvgIpc) is 3.12. The normalized spacial score (nSPS) is 20.6. The molecule has 9 heteroatoms. The van der Waals surface area contributed by atoms with E-state index in [1.54, 1.807) is 18.2 Å². The lowest BCUT2D eigenvalue weighted by Gasteiger charge is -2.31. The Balaban J connectivity index is 1.79. The van der Waals surface area contributed by atoms with Crippen LogP contribution in [-0.2, 0) is 14.3 Å². The molecule has 2 saturated heterocycles. The first-order chi connectivity index (χ1) is 16.4. The molecule has 8 nitrogen and oxygen atoms in total. The molecule has 0 aliphatic carbocycles. The van der Waals surface area contributed by atoms with E-state index < -0.39 is 23.5 Å². The Morgan fingerprint density at radius 3 is 2.41 bits per heavy atom. The van der Waals surface area contributed by atoms with Crippen LogP contribution >= 0.6 is 0 Å². The predicted octanol–water partition coefficient (Wildman–Crippen LogP) is 2.60. The number of morpholine rings is 1. The van der Waals surface area contributed by atoms with Crippen LogP contribution in [0.25, 0.3) is 5.76 Å². The molecule has 2 aliphatic rings. The second-order valence-corrected chi connectivity index (χ2v) is 8.06. The van der Waals surface area contributed by atoms with Crippen molar-refractivity contribution in [2.75, 3.05) is 53.6 Å². The number of rotatable bonds is 7. The van der Waals surface area contributed by atoms with Gasteiger partial charge in [-0.05, 0) is 36.4 Å². The van der Waals surface area contributed by atoms with Crippen LogP contribution in [0.3, 0.4) is 0 Å². The minimum atomic E-state index is -0.882. The highest BCUT2D eigenvalue weighted by Crippen LogP contribution is 2.43. The van der Waals surface area contributed by atoms with E-state index in [9.17, 15) is 19.1 Å². The van der Waals surface area contributed by atoms with Gasteiger partial charge in [0.1, 0.15) is 23.1 Å². The van der Waals surface area contributed by atoms with Crippen molar-refractivity contribution in [3.05, 3.63) is 65.0 Å². The van der Waals surface area contributed by atoms with Crippen molar-refractivity contribution in [2.45, 2.75) is 6.04 Å². The van der Waals surface area contributed by atoms with E-state index in [1.165, 1.54) is 43.4 Å². The molecule has 2 heterocycles. The van der Waals surface area contributed by atoms with Crippen LogP contribution in [0, 0.1) is 5.82 Å². The summed E-state index contributed by atoms with van der Waals surface area (Å²) in [6.45, 7) is 3.50. The van der Waals surface area contributed by atoms with E-state index >= 15 is 0 Å². The van der Waals surface area contributed by atoms with E-state index in [1.807, 2.05) is 0 Å². The van der Waals surface area contributed by atoms with Gasteiger partial charge in [-0.1, -0.05) is 0 Å². The maximum Gasteiger partial charge on any atom is 0.295 e. The summed E-state index contributed by atoms with van der Waals surface area (Å²) in [7, 11) is 3.01. The first-order valence-electron chi connectivity index (χ1n) is 11.0. The maximum atomic E-state index is 13.4. The number of likely N-dealkylation sites (tertiary alicyclic amines) is 1. The third kappa shape index (κ3) is 4.62. The zero-order valence-corrected chi connectivity index (χ0v) is 19.1. The number of hydrogen-bond donors (Lipinski definition) is 1. The third-order valence-electron chi connectivity index (χ3n) is 6.15. The quantitative estimate of drug-likeness (QED) is 0.378. The third-order valence-corrected chi connectivity index (χ3v) is 6.15. The van der Waals surface area contributed by atoms with E-state index in [2.05, 4.69) is 4.90 Å². The fourth-order valence-corrected chi connectivity index (χ4v) is 4.32. The van der Waals surface area contributed by atoms with Gasteiger partial charge in [0.25, 0.3) is 11.7 Å². The molecule has 2 aromatic carbocycles. The number of benzene rings is 2. The van der Waals surface area contributed by atoms with Gasteiger partial charge >= 0.3 is 0 Å². The number of Topliss-reactive ketones (excluding diaryl/α,β-unsaturated/α-hetero) is 1. The number of aliphatic hydroxyl groups is 1. The molecule has 0 spiro atoms. The number of carbonyl (C=O) groups is 2. The summed E-state index contributed by atoms with van der Waals surface area (Å²) in [4.78, 5) is 29.9. The highest BCUT2D eigenvalue weighted by molar-refractivity contribution is 6.46. The molecule has 0 aromatic heterocycles. The second-order valence-electron chi connectivity index (χ2n) is 8.06. The molecule has 2 fully saturated rings. The minimum absolute atomic E-state index is 0.0675. The van der Waals surface area contributed by atoms with Gasteiger partial charge in [0.05, 0.1) is 39.0 Å². The predicted molar refractivity (Wildman–Crippen MR) is 122 cm³/mol. The van der Waals surface area contributed by atoms with Gasteiger partial charge in [0, 0.05) is 43.4 Å². The molecule has 1 atom stereocenters. The molecule has 0 saturated carbocycles. The van der Waals surface area contributed by atoms with Crippen molar-refractivity contribution in [3.63, 3.8) is 0 Å². The molecule has 2 aromatic rings. The molecule has 1 N–H and O–H groups in total. The summed E-state index contributed by atoms with van der Waals surface area (Å²) in [5.41, 5.74) is 0.709. The SMILES string of the molecule is COc1ccc([C@H]2/C(=C(\O)c3ccc(F)cc3)C(=O)C(=O)N2CCN2CCOCC2)c(OC)c1. The molecular weight excluding hydrogens is 443 g/mol. The largest absolute Gasteiger partial charge is 0.507 e. The highest BCUT2D eigenvalue weighted by atomic mass is 19.1. The molecule has 4 rings (SSSR count). The van der Waals surface area contributed by atoms with Crippen LogP contribution in [-0.4, -0.2) is 80.2 Å². The van der Waals surface area contributed by atoms with Crippen molar-refractivity contribution in [1.82, 2.24) is 9.80 Å². The van der Waals surface area contributed by atoms with Gasteiger partial charge in [-0.3, -0.25) is 14.5 Å². The zero-order valence-electron chi connectivity index (χ0n) is 19.1.